The quantitative estimate of drug-likeness (QED) is 0.679. The molecule has 1 aromatic carbocycles. The van der Waals surface area contributed by atoms with Gasteiger partial charge in [-0.3, -0.25) is 14.5 Å². The van der Waals surface area contributed by atoms with E-state index in [-0.39, 0.29) is 49.1 Å². The number of nitrogens with two attached hydrogens (primary N) is 1. The zero-order chi connectivity index (χ0) is 17.5. The Morgan fingerprint density at radius 1 is 1.12 bits per heavy atom. The SMILES string of the molecule is Cc1ccc(NC(=O)CC(C)N)cc1NC(=O)CN1CCCCC1.Cl.Cl. The lowest BCUT2D eigenvalue weighted by Crippen LogP contribution is -2.36. The molecule has 1 heterocycles. The molecule has 1 aliphatic rings. The van der Waals surface area contributed by atoms with E-state index >= 15 is 0 Å². The van der Waals surface area contributed by atoms with Gasteiger partial charge < -0.3 is 16.4 Å². The molecule has 148 valence electrons. The Bertz CT molecular complexity index is 591. The highest BCUT2D eigenvalue weighted by Gasteiger charge is 2.15. The number of nitrogens with zero attached hydrogens (tertiary/aromatic N) is 1. The number of likely N-dealkylation sites (tertiary alicyclic amines) is 1. The molecule has 0 saturated carbocycles. The third-order valence-corrected chi connectivity index (χ3v) is 4.12. The van der Waals surface area contributed by atoms with E-state index in [4.69, 9.17) is 5.73 Å². The molecule has 0 radical (unpaired) electrons. The lowest BCUT2D eigenvalue weighted by molar-refractivity contribution is -0.117. The molecule has 8 heteroatoms. The predicted molar refractivity (Wildman–Crippen MR) is 111 cm³/mol. The average molecular weight is 405 g/mol. The summed E-state index contributed by atoms with van der Waals surface area (Å²) in [4.78, 5) is 26.3. The van der Waals surface area contributed by atoms with Crippen molar-refractivity contribution in [2.24, 2.45) is 5.73 Å². The maximum absolute atomic E-state index is 12.3. The molecular formula is C18H30Cl2N4O2. The van der Waals surface area contributed by atoms with E-state index in [1.807, 2.05) is 19.1 Å². The van der Waals surface area contributed by atoms with E-state index in [0.29, 0.717) is 12.2 Å². The molecule has 4 N–H and O–H groups in total. The fourth-order valence-electron chi connectivity index (χ4n) is 2.85. The molecule has 1 saturated heterocycles. The highest BCUT2D eigenvalue weighted by molar-refractivity contribution is 5.95. The van der Waals surface area contributed by atoms with E-state index in [2.05, 4.69) is 15.5 Å². The van der Waals surface area contributed by atoms with E-state index in [1.54, 1.807) is 13.0 Å². The van der Waals surface area contributed by atoms with Gasteiger partial charge in [0.05, 0.1) is 6.54 Å². The van der Waals surface area contributed by atoms with Gasteiger partial charge in [0.1, 0.15) is 0 Å². The molecule has 0 aliphatic carbocycles. The number of aryl methyl sites for hydroxylation is 1. The first-order valence-electron chi connectivity index (χ1n) is 8.62. The number of benzene rings is 1. The molecule has 1 aliphatic heterocycles. The lowest BCUT2D eigenvalue weighted by Gasteiger charge is -2.25. The van der Waals surface area contributed by atoms with E-state index in [1.165, 1.54) is 6.42 Å². The topological polar surface area (TPSA) is 87.5 Å². The normalized spacial score (nSPS) is 15.2. The highest BCUT2D eigenvalue weighted by Crippen LogP contribution is 2.21. The van der Waals surface area contributed by atoms with Gasteiger partial charge in [-0.2, -0.15) is 0 Å². The van der Waals surface area contributed by atoms with Crippen LogP contribution in [0.1, 0.15) is 38.2 Å². The molecule has 1 unspecified atom stereocenters. The first-order chi connectivity index (χ1) is 11.4. The van der Waals surface area contributed by atoms with Crippen LogP contribution >= 0.6 is 24.8 Å². The van der Waals surface area contributed by atoms with Crippen LogP contribution in [0.2, 0.25) is 0 Å². The Morgan fingerprint density at radius 3 is 2.38 bits per heavy atom. The molecule has 1 aromatic rings. The van der Waals surface area contributed by atoms with Gasteiger partial charge >= 0.3 is 0 Å². The number of hydrogen-bond acceptors (Lipinski definition) is 4. The van der Waals surface area contributed by atoms with Crippen molar-refractivity contribution in [3.8, 4) is 0 Å². The van der Waals surface area contributed by atoms with Crippen molar-refractivity contribution in [3.05, 3.63) is 23.8 Å². The molecule has 0 spiro atoms. The van der Waals surface area contributed by atoms with Crippen molar-refractivity contribution >= 4 is 48.0 Å². The van der Waals surface area contributed by atoms with Crippen molar-refractivity contribution < 1.29 is 9.59 Å². The van der Waals surface area contributed by atoms with Crippen LogP contribution < -0.4 is 16.4 Å². The molecule has 1 atom stereocenters. The summed E-state index contributed by atoms with van der Waals surface area (Å²) < 4.78 is 0. The van der Waals surface area contributed by atoms with Gasteiger partial charge in [-0.25, -0.2) is 0 Å². The zero-order valence-electron chi connectivity index (χ0n) is 15.4. The molecule has 1 fully saturated rings. The second-order valence-corrected chi connectivity index (χ2v) is 6.64. The second-order valence-electron chi connectivity index (χ2n) is 6.64. The fourth-order valence-corrected chi connectivity index (χ4v) is 2.85. The number of hydrogen-bond donors (Lipinski definition) is 3. The third kappa shape index (κ3) is 8.36. The molecule has 0 bridgehead atoms. The van der Waals surface area contributed by atoms with Gasteiger partial charge in [-0.15, -0.1) is 24.8 Å². The summed E-state index contributed by atoms with van der Waals surface area (Å²) in [5.74, 6) is -0.140. The number of nitrogens with one attached hydrogen (secondary N) is 2. The zero-order valence-corrected chi connectivity index (χ0v) is 17.0. The van der Waals surface area contributed by atoms with Crippen molar-refractivity contribution in [2.45, 2.75) is 45.6 Å². The fraction of sp³-hybridized carbons (Fsp3) is 0.556. The molecular weight excluding hydrogens is 375 g/mol. The van der Waals surface area contributed by atoms with Crippen LogP contribution in [0, 0.1) is 6.92 Å². The van der Waals surface area contributed by atoms with E-state index in [9.17, 15) is 9.59 Å². The van der Waals surface area contributed by atoms with Crippen LogP contribution in [0.25, 0.3) is 0 Å². The van der Waals surface area contributed by atoms with Gasteiger partial charge in [0.25, 0.3) is 0 Å². The van der Waals surface area contributed by atoms with Crippen LogP contribution in [0.5, 0.6) is 0 Å². The van der Waals surface area contributed by atoms with Crippen LogP contribution in [-0.4, -0.2) is 42.4 Å². The summed E-state index contributed by atoms with van der Waals surface area (Å²) >= 11 is 0. The van der Waals surface area contributed by atoms with E-state index < -0.39 is 0 Å². The van der Waals surface area contributed by atoms with Gasteiger partial charge in [0.2, 0.25) is 11.8 Å². The smallest absolute Gasteiger partial charge is 0.238 e. The first-order valence-corrected chi connectivity index (χ1v) is 8.62. The van der Waals surface area contributed by atoms with Crippen molar-refractivity contribution in [1.82, 2.24) is 4.90 Å². The molecule has 26 heavy (non-hydrogen) atoms. The molecule has 6 nitrogen and oxygen atoms in total. The van der Waals surface area contributed by atoms with Crippen molar-refractivity contribution in [2.75, 3.05) is 30.3 Å². The number of anilines is 2. The summed E-state index contributed by atoms with van der Waals surface area (Å²) in [6.45, 7) is 6.12. The van der Waals surface area contributed by atoms with Crippen LogP contribution in [0.15, 0.2) is 18.2 Å². The van der Waals surface area contributed by atoms with Crippen molar-refractivity contribution in [3.63, 3.8) is 0 Å². The summed E-state index contributed by atoms with van der Waals surface area (Å²) in [6.07, 6.45) is 3.84. The van der Waals surface area contributed by atoms with E-state index in [0.717, 1.165) is 37.2 Å². The Labute approximate surface area is 168 Å². The number of halogens is 2. The van der Waals surface area contributed by atoms with Gasteiger partial charge in [0.15, 0.2) is 0 Å². The number of amides is 2. The number of carbonyl (C=O) groups excluding carboxylic acids is 2. The average Bonchev–Trinajstić information content (AvgIpc) is 2.50. The summed E-state index contributed by atoms with van der Waals surface area (Å²) in [5, 5.41) is 5.77. The number of piperidine rings is 1. The molecule has 2 rings (SSSR count). The minimum Gasteiger partial charge on any atom is -0.327 e. The van der Waals surface area contributed by atoms with Crippen LogP contribution in [-0.2, 0) is 9.59 Å². The summed E-state index contributed by atoms with van der Waals surface area (Å²) in [5.41, 5.74) is 8.00. The molecule has 0 aromatic heterocycles. The minimum absolute atomic E-state index is 0. The minimum atomic E-state index is -0.181. The number of rotatable bonds is 6. The highest BCUT2D eigenvalue weighted by atomic mass is 35.5. The summed E-state index contributed by atoms with van der Waals surface area (Å²) in [6, 6.07) is 5.33. The van der Waals surface area contributed by atoms with Crippen LogP contribution in [0.4, 0.5) is 11.4 Å². The maximum atomic E-state index is 12.3. The first kappa shape index (κ1) is 24.7. The third-order valence-electron chi connectivity index (χ3n) is 4.12. The monoisotopic (exact) mass is 404 g/mol. The predicted octanol–water partition coefficient (Wildman–Crippen LogP) is 2.94. The Hall–Kier alpha value is -1.34. The van der Waals surface area contributed by atoms with Crippen LogP contribution in [0.3, 0.4) is 0 Å². The Balaban J connectivity index is 0.00000312. The largest absolute Gasteiger partial charge is 0.327 e. The van der Waals surface area contributed by atoms with Gasteiger partial charge in [0, 0.05) is 23.8 Å². The summed E-state index contributed by atoms with van der Waals surface area (Å²) in [7, 11) is 0. The second kappa shape index (κ2) is 12.1. The number of carbonyl (C=O) groups is 2. The molecule has 2 amide bonds. The van der Waals surface area contributed by atoms with Crippen molar-refractivity contribution in [1.29, 1.82) is 0 Å². The standard InChI is InChI=1S/C18H28N4O2.2ClH/c1-13-6-7-15(20-17(23)10-14(2)19)11-16(13)21-18(24)12-22-8-4-3-5-9-22;;/h6-7,11,14H,3-5,8-10,12,19H2,1-2H3,(H,20,23)(H,21,24);2*1H. The Morgan fingerprint density at radius 2 is 1.77 bits per heavy atom. The Kier molecular flexibility index (Phi) is 11.5. The lowest BCUT2D eigenvalue weighted by atomic mass is 10.1. The van der Waals surface area contributed by atoms with Gasteiger partial charge in [-0.05, 0) is 57.5 Å². The van der Waals surface area contributed by atoms with Gasteiger partial charge in [-0.1, -0.05) is 12.5 Å². The maximum Gasteiger partial charge on any atom is 0.238 e.